The second-order valence-corrected chi connectivity index (χ2v) is 12.8. The maximum absolute atomic E-state index is 15.1. The third-order valence-corrected chi connectivity index (χ3v) is 10.6. The topological polar surface area (TPSA) is 104 Å². The van der Waals surface area contributed by atoms with Gasteiger partial charge < -0.3 is 9.84 Å². The number of methoxy groups -OCH3 is 1. The first-order chi connectivity index (χ1) is 22.2. The van der Waals surface area contributed by atoms with E-state index < -0.39 is 35.0 Å². The van der Waals surface area contributed by atoms with Gasteiger partial charge in [0.2, 0.25) is 23.6 Å². The van der Waals surface area contributed by atoms with Crippen molar-refractivity contribution in [2.45, 2.75) is 25.2 Å². The van der Waals surface area contributed by atoms with Crippen LogP contribution >= 0.6 is 11.6 Å². The molecule has 9 heteroatoms. The predicted molar refractivity (Wildman–Crippen MR) is 173 cm³/mol. The number of ether oxygens (including phenoxy) is 1. The number of allylic oxidation sites excluding steroid dienone is 3. The molecule has 46 heavy (non-hydrogen) atoms. The number of aromatic hydroxyl groups is 1. The summed E-state index contributed by atoms with van der Waals surface area (Å²) in [6.45, 7) is 2.08. The molecule has 2 aliphatic heterocycles. The van der Waals surface area contributed by atoms with Crippen molar-refractivity contribution in [2.75, 3.05) is 18.6 Å². The molecule has 1 N–H and O–H groups in total. The first-order valence-corrected chi connectivity index (χ1v) is 15.9. The minimum absolute atomic E-state index is 0.00199. The molecule has 3 fully saturated rings. The van der Waals surface area contributed by atoms with Crippen LogP contribution in [0.2, 0.25) is 5.02 Å². The molecule has 2 saturated heterocycles. The van der Waals surface area contributed by atoms with E-state index in [-0.39, 0.29) is 42.3 Å². The average Bonchev–Trinajstić information content (AvgIpc) is 3.45. The van der Waals surface area contributed by atoms with Gasteiger partial charge in [0.1, 0.15) is 0 Å². The fraction of sp³-hybridized carbons (Fsp3) is 0.297. The zero-order valence-corrected chi connectivity index (χ0v) is 26.2. The highest BCUT2D eigenvalue weighted by molar-refractivity contribution is 6.32. The zero-order chi connectivity index (χ0) is 32.3. The van der Waals surface area contributed by atoms with Crippen LogP contribution in [-0.2, 0) is 24.6 Å². The van der Waals surface area contributed by atoms with Crippen molar-refractivity contribution in [1.82, 2.24) is 4.90 Å². The summed E-state index contributed by atoms with van der Waals surface area (Å²) in [5, 5.41) is 10.6. The maximum atomic E-state index is 15.1. The largest absolute Gasteiger partial charge is 0.504 e. The number of phenolic OH excluding ortho intramolecular Hbond substituents is 1. The normalized spacial score (nSPS) is 28.8. The van der Waals surface area contributed by atoms with E-state index in [9.17, 15) is 19.5 Å². The minimum atomic E-state index is -1.33. The molecular weight excluding hydrogens is 604 g/mol. The molecule has 0 bridgehead atoms. The lowest BCUT2D eigenvalue weighted by Crippen LogP contribution is -2.54. The van der Waals surface area contributed by atoms with Gasteiger partial charge in [-0.05, 0) is 67.1 Å². The third kappa shape index (κ3) is 4.26. The van der Waals surface area contributed by atoms with Crippen molar-refractivity contribution in [1.29, 1.82) is 0 Å². The van der Waals surface area contributed by atoms with E-state index >= 15 is 4.79 Å². The minimum Gasteiger partial charge on any atom is -0.504 e. The second-order valence-electron chi connectivity index (χ2n) is 12.3. The summed E-state index contributed by atoms with van der Waals surface area (Å²) >= 11 is 6.35. The van der Waals surface area contributed by atoms with Crippen LogP contribution in [-0.4, -0.2) is 47.3 Å². The van der Waals surface area contributed by atoms with Gasteiger partial charge in [0.25, 0.3) is 0 Å². The number of hydrogen-bond donors (Lipinski definition) is 1. The SMILES string of the molecule is CCN1C(=O)[C@H]2[C@H](CC=C3[C@H]2C[C@H]2C(=O)N(c4cccc(Cl)c4)C(=O)[C@@]2(c2ccccc2)[C@H]3C=Cc2ccc(O)c(OC)c2)C1=O. The number of nitrogens with zero attached hydrogens (tertiary/aromatic N) is 2. The number of anilines is 1. The average molecular weight is 637 g/mol. The predicted octanol–water partition coefficient (Wildman–Crippen LogP) is 5.78. The lowest BCUT2D eigenvalue weighted by Gasteiger charge is -2.49. The Morgan fingerprint density at radius 2 is 1.74 bits per heavy atom. The number of carbonyl (C=O) groups is 4. The second kappa shape index (κ2) is 11.3. The summed E-state index contributed by atoms with van der Waals surface area (Å²) in [6.07, 6.45) is 6.46. The van der Waals surface area contributed by atoms with Crippen LogP contribution in [0.3, 0.4) is 0 Å². The summed E-state index contributed by atoms with van der Waals surface area (Å²) < 4.78 is 5.33. The smallest absolute Gasteiger partial charge is 0.246 e. The molecule has 3 aromatic carbocycles. The first-order valence-electron chi connectivity index (χ1n) is 15.5. The lowest BCUT2D eigenvalue weighted by molar-refractivity contribution is -0.140. The molecule has 1 saturated carbocycles. The van der Waals surface area contributed by atoms with E-state index in [1.165, 1.54) is 23.0 Å². The molecule has 3 aromatic rings. The zero-order valence-electron chi connectivity index (χ0n) is 25.4. The number of benzene rings is 3. The van der Waals surface area contributed by atoms with Crippen LogP contribution in [0.1, 0.15) is 30.9 Å². The van der Waals surface area contributed by atoms with Gasteiger partial charge in [-0.1, -0.05) is 77.9 Å². The molecule has 8 nitrogen and oxygen atoms in total. The monoisotopic (exact) mass is 636 g/mol. The highest BCUT2D eigenvalue weighted by Gasteiger charge is 2.69. The number of imide groups is 2. The van der Waals surface area contributed by atoms with Gasteiger partial charge in [-0.15, -0.1) is 0 Å². The van der Waals surface area contributed by atoms with Crippen molar-refractivity contribution in [3.63, 3.8) is 0 Å². The lowest BCUT2D eigenvalue weighted by atomic mass is 9.50. The van der Waals surface area contributed by atoms with E-state index in [2.05, 4.69) is 0 Å². The summed E-state index contributed by atoms with van der Waals surface area (Å²) in [4.78, 5) is 59.4. The van der Waals surface area contributed by atoms with Gasteiger partial charge in [-0.25, -0.2) is 4.90 Å². The third-order valence-electron chi connectivity index (χ3n) is 10.3. The Labute approximate surface area is 271 Å². The standard InChI is InChI=1S/C37H33ClN2O6/c1-3-39-33(42)26-15-14-25-27(32(26)35(39)44)20-29-34(43)40(24-11-7-10-23(38)19-24)36(45)37(29,22-8-5-4-6-9-22)28(25)16-12-21-13-17-30(41)31(18-21)46-2/h4-14,16-19,26-29,32,41H,3,15,20H2,1-2H3/t26-,27+,28-,29-,32-,37-/m0/s1. The Hall–Kier alpha value is -4.69. The molecule has 0 aromatic heterocycles. The van der Waals surface area contributed by atoms with Gasteiger partial charge in [-0.3, -0.25) is 24.1 Å². The van der Waals surface area contributed by atoms with Crippen LogP contribution < -0.4 is 9.64 Å². The summed E-state index contributed by atoms with van der Waals surface area (Å²) in [5.41, 5.74) is 1.36. The Balaban J connectivity index is 1.46. The van der Waals surface area contributed by atoms with Gasteiger partial charge in [0.05, 0.1) is 36.0 Å². The van der Waals surface area contributed by atoms with Crippen molar-refractivity contribution >= 4 is 47.0 Å². The molecule has 2 heterocycles. The Bertz CT molecular complexity index is 1840. The highest BCUT2D eigenvalue weighted by Crippen LogP contribution is 2.62. The summed E-state index contributed by atoms with van der Waals surface area (Å²) in [6, 6.07) is 21.1. The van der Waals surface area contributed by atoms with E-state index in [0.717, 1.165) is 11.1 Å². The van der Waals surface area contributed by atoms with Crippen molar-refractivity contribution < 1.29 is 29.0 Å². The number of halogens is 1. The fourth-order valence-corrected chi connectivity index (χ4v) is 8.56. The molecule has 6 atom stereocenters. The van der Waals surface area contributed by atoms with Crippen molar-refractivity contribution in [3.8, 4) is 11.5 Å². The van der Waals surface area contributed by atoms with Crippen LogP contribution in [0.25, 0.3) is 6.08 Å². The summed E-state index contributed by atoms with van der Waals surface area (Å²) in [5.74, 6) is -3.75. The van der Waals surface area contributed by atoms with Crippen LogP contribution in [0.4, 0.5) is 5.69 Å². The van der Waals surface area contributed by atoms with E-state index in [1.807, 2.05) is 48.6 Å². The highest BCUT2D eigenvalue weighted by atomic mass is 35.5. The number of fused-ring (bicyclic) bond motifs is 4. The van der Waals surface area contributed by atoms with Crippen LogP contribution in [0, 0.1) is 29.6 Å². The van der Waals surface area contributed by atoms with E-state index in [4.69, 9.17) is 16.3 Å². The Morgan fingerprint density at radius 1 is 0.957 bits per heavy atom. The number of likely N-dealkylation sites (tertiary alicyclic amines) is 1. The van der Waals surface area contributed by atoms with E-state index in [0.29, 0.717) is 28.4 Å². The fourth-order valence-electron chi connectivity index (χ4n) is 8.37. The van der Waals surface area contributed by atoms with Crippen molar-refractivity contribution in [3.05, 3.63) is 107 Å². The molecule has 234 valence electrons. The van der Waals surface area contributed by atoms with Crippen molar-refractivity contribution in [2.24, 2.45) is 29.6 Å². The number of phenols is 1. The molecule has 0 radical (unpaired) electrons. The van der Waals surface area contributed by atoms with Gasteiger partial charge in [0.15, 0.2) is 11.5 Å². The first kappa shape index (κ1) is 30.0. The van der Waals surface area contributed by atoms with Crippen LogP contribution in [0.5, 0.6) is 11.5 Å². The molecule has 7 rings (SSSR count). The molecule has 0 unspecified atom stereocenters. The molecular formula is C37H33ClN2O6. The maximum Gasteiger partial charge on any atom is 0.246 e. The van der Waals surface area contributed by atoms with E-state index in [1.54, 1.807) is 43.3 Å². The number of rotatable bonds is 6. The number of carbonyl (C=O) groups excluding carboxylic acids is 4. The quantitative estimate of drug-likeness (QED) is 0.272. The Morgan fingerprint density at radius 3 is 2.46 bits per heavy atom. The van der Waals surface area contributed by atoms with Gasteiger partial charge in [-0.2, -0.15) is 0 Å². The Kier molecular flexibility index (Phi) is 7.35. The molecule has 2 aliphatic carbocycles. The summed E-state index contributed by atoms with van der Waals surface area (Å²) in [7, 11) is 1.47. The van der Waals surface area contributed by atoms with Gasteiger partial charge >= 0.3 is 0 Å². The van der Waals surface area contributed by atoms with Crippen LogP contribution in [0.15, 0.2) is 90.5 Å². The number of amides is 4. The number of hydrogen-bond acceptors (Lipinski definition) is 6. The molecule has 0 spiro atoms. The molecule has 4 amide bonds. The molecule has 4 aliphatic rings. The van der Waals surface area contributed by atoms with Gasteiger partial charge in [0, 0.05) is 17.5 Å².